The molecule has 0 unspecified atom stereocenters. The first kappa shape index (κ1) is 9.47. The molecule has 10 heavy (non-hydrogen) atoms. The van der Waals surface area contributed by atoms with Gasteiger partial charge in [-0.15, -0.1) is 5.73 Å². The molecule has 3 heteroatoms. The van der Waals surface area contributed by atoms with Gasteiger partial charge < -0.3 is 0 Å². The molecule has 0 aliphatic rings. The molecule has 58 valence electrons. The molecule has 0 spiro atoms. The highest BCUT2D eigenvalue weighted by Crippen LogP contribution is 2.15. The highest BCUT2D eigenvalue weighted by molar-refractivity contribution is 7.95. The largest absolute Gasteiger partial charge is 0.223 e. The van der Waals surface area contributed by atoms with E-state index in [4.69, 9.17) is 0 Å². The van der Waals surface area contributed by atoms with Gasteiger partial charge in [0, 0.05) is 0 Å². The van der Waals surface area contributed by atoms with Crippen molar-refractivity contribution >= 4 is 9.84 Å². The summed E-state index contributed by atoms with van der Waals surface area (Å²) in [6.45, 7) is 8.10. The normalized spacial score (nSPS) is 12.3. The molecule has 0 aromatic heterocycles. The van der Waals surface area contributed by atoms with Crippen LogP contribution in [0.25, 0.3) is 0 Å². The molecule has 0 amide bonds. The van der Waals surface area contributed by atoms with Gasteiger partial charge in [-0.25, -0.2) is 8.42 Å². The highest BCUT2D eigenvalue weighted by Gasteiger charge is 2.25. The van der Waals surface area contributed by atoms with Gasteiger partial charge in [-0.1, -0.05) is 6.58 Å². The van der Waals surface area contributed by atoms with Crippen molar-refractivity contribution in [1.29, 1.82) is 0 Å². The predicted octanol–water partition coefficient (Wildman–Crippen LogP) is 1.50. The summed E-state index contributed by atoms with van der Waals surface area (Å²) < 4.78 is 21.4. The van der Waals surface area contributed by atoms with E-state index in [0.29, 0.717) is 0 Å². The highest BCUT2D eigenvalue weighted by atomic mass is 32.2. The second-order valence-electron chi connectivity index (χ2n) is 2.98. The van der Waals surface area contributed by atoms with E-state index in [2.05, 4.69) is 12.3 Å². The van der Waals surface area contributed by atoms with Crippen molar-refractivity contribution in [3.8, 4) is 0 Å². The molecular formula is C7H12O2S. The topological polar surface area (TPSA) is 34.1 Å². The Morgan fingerprint density at radius 1 is 1.40 bits per heavy atom. The average molecular weight is 160 g/mol. The monoisotopic (exact) mass is 160 g/mol. The number of hydrogen-bond donors (Lipinski definition) is 0. The Bertz CT molecular complexity index is 248. The summed E-state index contributed by atoms with van der Waals surface area (Å²) in [5.41, 5.74) is 2.25. The minimum absolute atomic E-state index is 0.738. The lowest BCUT2D eigenvalue weighted by Gasteiger charge is -2.14. The van der Waals surface area contributed by atoms with E-state index in [-0.39, 0.29) is 0 Å². The van der Waals surface area contributed by atoms with Gasteiger partial charge in [0.2, 0.25) is 0 Å². The van der Waals surface area contributed by atoms with Crippen LogP contribution < -0.4 is 0 Å². The molecule has 0 aliphatic heterocycles. The van der Waals surface area contributed by atoms with Gasteiger partial charge in [0.05, 0.1) is 10.2 Å². The van der Waals surface area contributed by atoms with Crippen LogP contribution in [0.3, 0.4) is 0 Å². The molecule has 0 fully saturated rings. The van der Waals surface area contributed by atoms with Crippen molar-refractivity contribution in [1.82, 2.24) is 0 Å². The van der Waals surface area contributed by atoms with Gasteiger partial charge in [0.1, 0.15) is 0 Å². The quantitative estimate of drug-likeness (QED) is 0.545. The fourth-order valence-electron chi connectivity index (χ4n) is 0.286. The lowest BCUT2D eigenvalue weighted by atomic mass is 10.3. The summed E-state index contributed by atoms with van der Waals surface area (Å²) in [6.07, 6.45) is 0. The Kier molecular flexibility index (Phi) is 2.47. The minimum Gasteiger partial charge on any atom is -0.223 e. The van der Waals surface area contributed by atoms with E-state index in [1.54, 1.807) is 20.8 Å². The van der Waals surface area contributed by atoms with Crippen LogP contribution in [-0.4, -0.2) is 13.2 Å². The van der Waals surface area contributed by atoms with Gasteiger partial charge in [0.25, 0.3) is 0 Å². The van der Waals surface area contributed by atoms with Crippen LogP contribution >= 0.6 is 0 Å². The van der Waals surface area contributed by atoms with E-state index in [9.17, 15) is 8.42 Å². The maximum atomic E-state index is 11.1. The molecule has 0 aliphatic carbocycles. The molecule has 0 aromatic carbocycles. The zero-order valence-corrected chi connectivity index (χ0v) is 7.33. The lowest BCUT2D eigenvalue weighted by Crippen LogP contribution is -2.25. The molecular weight excluding hydrogens is 148 g/mol. The molecule has 0 heterocycles. The first-order valence-electron chi connectivity index (χ1n) is 2.92. The van der Waals surface area contributed by atoms with E-state index >= 15 is 0 Å². The molecule has 0 bridgehead atoms. The van der Waals surface area contributed by atoms with Crippen LogP contribution in [0.5, 0.6) is 0 Å². The molecule has 0 saturated heterocycles. The third-order valence-corrected chi connectivity index (χ3v) is 3.28. The SMILES string of the molecule is C=C=CS(=O)(=O)C(C)(C)C. The van der Waals surface area contributed by atoms with Gasteiger partial charge in [0.15, 0.2) is 9.84 Å². The van der Waals surface area contributed by atoms with Crippen molar-refractivity contribution in [3.63, 3.8) is 0 Å². The first-order chi connectivity index (χ1) is 4.31. The molecule has 0 N–H and O–H groups in total. The molecule has 2 nitrogen and oxygen atoms in total. The predicted molar refractivity (Wildman–Crippen MR) is 42.4 cm³/mol. The fourth-order valence-corrected chi connectivity index (χ4v) is 0.859. The second kappa shape index (κ2) is 2.60. The van der Waals surface area contributed by atoms with Crippen LogP contribution in [-0.2, 0) is 9.84 Å². The molecule has 0 aromatic rings. The van der Waals surface area contributed by atoms with Crippen LogP contribution in [0.4, 0.5) is 0 Å². The minimum atomic E-state index is -3.15. The third kappa shape index (κ3) is 2.01. The maximum Gasteiger partial charge on any atom is 0.183 e. The Balaban J connectivity index is 4.97. The zero-order valence-electron chi connectivity index (χ0n) is 6.51. The fraction of sp³-hybridized carbons (Fsp3) is 0.571. The van der Waals surface area contributed by atoms with Gasteiger partial charge in [-0.05, 0) is 20.8 Å². The van der Waals surface area contributed by atoms with Crippen LogP contribution in [0, 0.1) is 0 Å². The van der Waals surface area contributed by atoms with Crippen molar-refractivity contribution < 1.29 is 8.42 Å². The van der Waals surface area contributed by atoms with Gasteiger partial charge in [-0.2, -0.15) is 0 Å². The number of hydrogen-bond acceptors (Lipinski definition) is 2. The summed E-state index contributed by atoms with van der Waals surface area (Å²) in [5, 5.41) is 1.01. The van der Waals surface area contributed by atoms with E-state index < -0.39 is 14.6 Å². The summed E-state index contributed by atoms with van der Waals surface area (Å²) >= 11 is 0. The lowest BCUT2D eigenvalue weighted by molar-refractivity contribution is 0.570. The zero-order chi connectivity index (χ0) is 8.41. The molecule has 0 rings (SSSR count). The Labute approximate surface area is 62.2 Å². The molecule has 0 radical (unpaired) electrons. The van der Waals surface area contributed by atoms with Crippen LogP contribution in [0.15, 0.2) is 17.7 Å². The summed E-state index contributed by atoms with van der Waals surface area (Å²) in [4.78, 5) is 0. The smallest absolute Gasteiger partial charge is 0.183 e. The third-order valence-electron chi connectivity index (χ3n) is 1.09. The standard InChI is InChI=1S/C7H12O2S/c1-5-6-10(8,9)7(2,3)4/h6H,1H2,2-4H3. The van der Waals surface area contributed by atoms with Crippen LogP contribution in [0.2, 0.25) is 0 Å². The van der Waals surface area contributed by atoms with Gasteiger partial charge >= 0.3 is 0 Å². The van der Waals surface area contributed by atoms with E-state index in [1.807, 2.05) is 0 Å². The summed E-state index contributed by atoms with van der Waals surface area (Å²) in [7, 11) is -3.15. The Morgan fingerprint density at radius 2 is 1.80 bits per heavy atom. The summed E-state index contributed by atoms with van der Waals surface area (Å²) in [6, 6.07) is 0. The van der Waals surface area contributed by atoms with Crippen LogP contribution in [0.1, 0.15) is 20.8 Å². The Hall–Kier alpha value is -0.530. The average Bonchev–Trinajstić information content (AvgIpc) is 1.61. The number of sulfone groups is 1. The Morgan fingerprint density at radius 3 is 1.90 bits per heavy atom. The van der Waals surface area contributed by atoms with Crippen molar-refractivity contribution in [2.45, 2.75) is 25.5 Å². The molecule has 0 saturated carbocycles. The maximum absolute atomic E-state index is 11.1. The van der Waals surface area contributed by atoms with Gasteiger partial charge in [-0.3, -0.25) is 0 Å². The molecule has 0 atom stereocenters. The van der Waals surface area contributed by atoms with Crippen molar-refractivity contribution in [3.05, 3.63) is 17.7 Å². The van der Waals surface area contributed by atoms with Crippen molar-refractivity contribution in [2.24, 2.45) is 0 Å². The van der Waals surface area contributed by atoms with E-state index in [1.165, 1.54) is 0 Å². The first-order valence-corrected chi connectivity index (χ1v) is 4.46. The summed E-state index contributed by atoms with van der Waals surface area (Å²) in [5.74, 6) is 0. The van der Waals surface area contributed by atoms with Crippen molar-refractivity contribution in [2.75, 3.05) is 0 Å². The number of rotatable bonds is 1. The van der Waals surface area contributed by atoms with E-state index in [0.717, 1.165) is 5.41 Å². The second-order valence-corrected chi connectivity index (χ2v) is 5.53.